The molecule has 5 nitrogen and oxygen atoms in total. The molecule has 0 aromatic rings. The van der Waals surface area contributed by atoms with E-state index in [2.05, 4.69) is 17.6 Å². The second-order valence-corrected chi connectivity index (χ2v) is 4.99. The van der Waals surface area contributed by atoms with E-state index in [9.17, 15) is 9.59 Å². The van der Waals surface area contributed by atoms with Crippen molar-refractivity contribution in [1.82, 2.24) is 10.6 Å². The molecule has 0 saturated carbocycles. The van der Waals surface area contributed by atoms with Crippen LogP contribution in [0.5, 0.6) is 0 Å². The average molecular weight is 244 g/mol. The predicted molar refractivity (Wildman–Crippen MR) is 66.8 cm³/mol. The van der Waals surface area contributed by atoms with Gasteiger partial charge in [0.2, 0.25) is 5.91 Å². The molecular formula is C12H24N2O3. The summed E-state index contributed by atoms with van der Waals surface area (Å²) in [5.74, 6) is -1.14. The van der Waals surface area contributed by atoms with Crippen LogP contribution in [-0.2, 0) is 9.59 Å². The number of carbonyl (C=O) groups is 2. The number of rotatable bonds is 7. The van der Waals surface area contributed by atoms with Crippen molar-refractivity contribution < 1.29 is 14.7 Å². The molecule has 1 amide bonds. The molecule has 0 aromatic carbocycles. The maximum Gasteiger partial charge on any atom is 0.323 e. The van der Waals surface area contributed by atoms with E-state index in [0.29, 0.717) is 0 Å². The van der Waals surface area contributed by atoms with Gasteiger partial charge in [0.05, 0.1) is 6.04 Å². The molecule has 2 atom stereocenters. The average Bonchev–Trinajstić information content (AvgIpc) is 2.16. The normalized spacial score (nSPS) is 15.1. The monoisotopic (exact) mass is 244 g/mol. The molecule has 0 aromatic heterocycles. The topological polar surface area (TPSA) is 78.4 Å². The Bertz CT molecular complexity index is 277. The summed E-state index contributed by atoms with van der Waals surface area (Å²) in [4.78, 5) is 22.7. The molecule has 2 unspecified atom stereocenters. The molecule has 0 rings (SSSR count). The number of carboxylic acid groups (broad SMARTS) is 1. The first kappa shape index (κ1) is 15.9. The summed E-state index contributed by atoms with van der Waals surface area (Å²) < 4.78 is 0. The second-order valence-electron chi connectivity index (χ2n) is 4.99. The third-order valence-electron chi connectivity index (χ3n) is 2.62. The van der Waals surface area contributed by atoms with Gasteiger partial charge in [-0.25, -0.2) is 0 Å². The van der Waals surface area contributed by atoms with Crippen LogP contribution in [0.15, 0.2) is 0 Å². The standard InChI is InChI=1S/C12H24N2O3/c1-6-7-8(2)13-10(15)9(3)14-12(4,5)11(16)17/h8-9,14H,6-7H2,1-5H3,(H,13,15)(H,16,17). The van der Waals surface area contributed by atoms with Gasteiger partial charge in [-0.15, -0.1) is 0 Å². The first-order valence-electron chi connectivity index (χ1n) is 6.02. The number of nitrogens with one attached hydrogen (secondary N) is 2. The van der Waals surface area contributed by atoms with E-state index in [1.165, 1.54) is 13.8 Å². The lowest BCUT2D eigenvalue weighted by Gasteiger charge is -2.26. The molecular weight excluding hydrogens is 220 g/mol. The Kier molecular flexibility index (Phi) is 6.16. The van der Waals surface area contributed by atoms with Crippen molar-refractivity contribution in [2.75, 3.05) is 0 Å². The van der Waals surface area contributed by atoms with Crippen LogP contribution >= 0.6 is 0 Å². The highest BCUT2D eigenvalue weighted by molar-refractivity contribution is 5.84. The first-order chi connectivity index (χ1) is 7.70. The Morgan fingerprint density at radius 3 is 2.24 bits per heavy atom. The molecule has 0 saturated heterocycles. The smallest absolute Gasteiger partial charge is 0.323 e. The lowest BCUT2D eigenvalue weighted by atomic mass is 10.0. The van der Waals surface area contributed by atoms with Crippen LogP contribution in [-0.4, -0.2) is 34.6 Å². The van der Waals surface area contributed by atoms with Gasteiger partial charge in [0.15, 0.2) is 0 Å². The highest BCUT2D eigenvalue weighted by Gasteiger charge is 2.30. The maximum absolute atomic E-state index is 11.8. The molecule has 0 bridgehead atoms. The number of amides is 1. The van der Waals surface area contributed by atoms with Crippen LogP contribution in [0.3, 0.4) is 0 Å². The third-order valence-corrected chi connectivity index (χ3v) is 2.62. The van der Waals surface area contributed by atoms with Gasteiger partial charge in [-0.2, -0.15) is 0 Å². The van der Waals surface area contributed by atoms with Gasteiger partial charge in [0.1, 0.15) is 5.54 Å². The van der Waals surface area contributed by atoms with E-state index in [4.69, 9.17) is 5.11 Å². The van der Waals surface area contributed by atoms with Crippen molar-refractivity contribution in [1.29, 1.82) is 0 Å². The molecule has 0 aliphatic carbocycles. The van der Waals surface area contributed by atoms with Crippen LogP contribution < -0.4 is 10.6 Å². The minimum atomic E-state index is -1.11. The molecule has 0 aliphatic rings. The lowest BCUT2D eigenvalue weighted by Crippen LogP contribution is -2.56. The third kappa shape index (κ3) is 5.68. The summed E-state index contributed by atoms with van der Waals surface area (Å²) in [5.41, 5.74) is -1.11. The van der Waals surface area contributed by atoms with Gasteiger partial charge in [0, 0.05) is 6.04 Å². The quantitative estimate of drug-likeness (QED) is 0.627. The van der Waals surface area contributed by atoms with E-state index in [1.807, 2.05) is 6.92 Å². The SMILES string of the molecule is CCCC(C)NC(=O)C(C)NC(C)(C)C(=O)O. The summed E-state index contributed by atoms with van der Waals surface area (Å²) in [6.07, 6.45) is 1.92. The van der Waals surface area contributed by atoms with Crippen molar-refractivity contribution in [3.63, 3.8) is 0 Å². The van der Waals surface area contributed by atoms with Gasteiger partial charge in [-0.1, -0.05) is 13.3 Å². The zero-order chi connectivity index (χ0) is 13.6. The highest BCUT2D eigenvalue weighted by atomic mass is 16.4. The van der Waals surface area contributed by atoms with Crippen LogP contribution in [0.25, 0.3) is 0 Å². The fourth-order valence-electron chi connectivity index (χ4n) is 1.54. The molecule has 100 valence electrons. The zero-order valence-corrected chi connectivity index (χ0v) is 11.3. The van der Waals surface area contributed by atoms with Crippen molar-refractivity contribution in [3.8, 4) is 0 Å². The van der Waals surface area contributed by atoms with Crippen molar-refractivity contribution in [3.05, 3.63) is 0 Å². The van der Waals surface area contributed by atoms with E-state index < -0.39 is 17.6 Å². The Hall–Kier alpha value is -1.10. The van der Waals surface area contributed by atoms with Crippen LogP contribution in [0, 0.1) is 0 Å². The minimum absolute atomic E-state index is 0.115. The summed E-state index contributed by atoms with van der Waals surface area (Å²) in [5, 5.41) is 14.6. The van der Waals surface area contributed by atoms with Crippen LogP contribution in [0.4, 0.5) is 0 Å². The Labute approximate surface area is 103 Å². The van der Waals surface area contributed by atoms with E-state index in [0.717, 1.165) is 12.8 Å². The lowest BCUT2D eigenvalue weighted by molar-refractivity contribution is -0.144. The number of hydrogen-bond donors (Lipinski definition) is 3. The number of aliphatic carboxylic acids is 1. The van der Waals surface area contributed by atoms with Gasteiger partial charge in [-0.3, -0.25) is 14.9 Å². The van der Waals surface area contributed by atoms with Gasteiger partial charge in [0.25, 0.3) is 0 Å². The Morgan fingerprint density at radius 2 is 1.82 bits per heavy atom. The fourth-order valence-corrected chi connectivity index (χ4v) is 1.54. The van der Waals surface area contributed by atoms with E-state index >= 15 is 0 Å². The summed E-state index contributed by atoms with van der Waals surface area (Å²) in [7, 11) is 0. The largest absolute Gasteiger partial charge is 0.480 e. The maximum atomic E-state index is 11.8. The number of carbonyl (C=O) groups excluding carboxylic acids is 1. The molecule has 0 fully saturated rings. The summed E-state index contributed by atoms with van der Waals surface area (Å²) in [6, 6.07) is -0.412. The fraction of sp³-hybridized carbons (Fsp3) is 0.833. The highest BCUT2D eigenvalue weighted by Crippen LogP contribution is 2.04. The predicted octanol–water partition coefficient (Wildman–Crippen LogP) is 1.13. The molecule has 5 heteroatoms. The summed E-state index contributed by atoms with van der Waals surface area (Å²) in [6.45, 7) is 8.73. The van der Waals surface area contributed by atoms with Crippen molar-refractivity contribution >= 4 is 11.9 Å². The minimum Gasteiger partial charge on any atom is -0.480 e. The first-order valence-corrected chi connectivity index (χ1v) is 6.02. The molecule has 0 heterocycles. The molecule has 0 aliphatic heterocycles. The van der Waals surface area contributed by atoms with E-state index in [1.54, 1.807) is 6.92 Å². The van der Waals surface area contributed by atoms with Gasteiger partial charge >= 0.3 is 5.97 Å². The van der Waals surface area contributed by atoms with Crippen LogP contribution in [0.2, 0.25) is 0 Å². The molecule has 0 radical (unpaired) electrons. The molecule has 17 heavy (non-hydrogen) atoms. The van der Waals surface area contributed by atoms with E-state index in [-0.39, 0.29) is 11.9 Å². The Morgan fingerprint density at radius 1 is 1.29 bits per heavy atom. The van der Waals surface area contributed by atoms with Gasteiger partial charge in [-0.05, 0) is 34.1 Å². The summed E-state index contributed by atoms with van der Waals surface area (Å²) >= 11 is 0. The van der Waals surface area contributed by atoms with Gasteiger partial charge < -0.3 is 10.4 Å². The Balaban J connectivity index is 4.28. The zero-order valence-electron chi connectivity index (χ0n) is 11.3. The van der Waals surface area contributed by atoms with Crippen LogP contribution in [0.1, 0.15) is 47.5 Å². The number of hydrogen-bond acceptors (Lipinski definition) is 3. The number of carboxylic acids is 1. The van der Waals surface area contributed by atoms with Crippen molar-refractivity contribution in [2.24, 2.45) is 0 Å². The second kappa shape index (κ2) is 6.59. The molecule has 0 spiro atoms. The molecule has 3 N–H and O–H groups in total. The van der Waals surface area contributed by atoms with Crippen molar-refractivity contribution in [2.45, 2.75) is 65.1 Å².